The number of nitrogens with one attached hydrogen (secondary N) is 1. The molecule has 1 aromatic rings. The average Bonchev–Trinajstić information content (AvgIpc) is 3.20. The van der Waals surface area contributed by atoms with Crippen LogP contribution in [-0.2, 0) is 10.0 Å². The lowest BCUT2D eigenvalue weighted by Crippen LogP contribution is -2.33. The van der Waals surface area contributed by atoms with Crippen LogP contribution in [0.5, 0.6) is 0 Å². The van der Waals surface area contributed by atoms with Crippen LogP contribution < -0.4 is 4.72 Å². The Balaban J connectivity index is 2.19. The number of hydrogen-bond donors (Lipinski definition) is 2. The molecule has 19 heavy (non-hydrogen) atoms. The van der Waals surface area contributed by atoms with E-state index >= 15 is 0 Å². The second kappa shape index (κ2) is 5.47. The standard InChI is InChI=1S/C12H13ClN2O3S/c13-10-4-3-9(6-14)12(5-10)19(17,18)15-7-11(16)8-1-2-8/h3-5,8,11,15-16H,1-2,7H2. The van der Waals surface area contributed by atoms with Crippen molar-refractivity contribution in [1.29, 1.82) is 5.26 Å². The third-order valence-electron chi connectivity index (χ3n) is 3.00. The Morgan fingerprint density at radius 1 is 1.53 bits per heavy atom. The van der Waals surface area contributed by atoms with Gasteiger partial charge in [-0.15, -0.1) is 0 Å². The van der Waals surface area contributed by atoms with Gasteiger partial charge in [0.15, 0.2) is 0 Å². The van der Waals surface area contributed by atoms with Gasteiger partial charge in [0.25, 0.3) is 0 Å². The van der Waals surface area contributed by atoms with E-state index in [1.807, 2.05) is 6.07 Å². The van der Waals surface area contributed by atoms with Gasteiger partial charge in [0, 0.05) is 11.6 Å². The second-order valence-corrected chi connectivity index (χ2v) is 6.68. The number of aliphatic hydroxyl groups is 1. The monoisotopic (exact) mass is 300 g/mol. The van der Waals surface area contributed by atoms with Gasteiger partial charge in [-0.05, 0) is 37.0 Å². The van der Waals surface area contributed by atoms with Crippen LogP contribution in [0.3, 0.4) is 0 Å². The van der Waals surface area contributed by atoms with Crippen LogP contribution in [0, 0.1) is 17.2 Å². The molecule has 2 rings (SSSR count). The van der Waals surface area contributed by atoms with Crippen molar-refractivity contribution >= 4 is 21.6 Å². The summed E-state index contributed by atoms with van der Waals surface area (Å²) in [7, 11) is -3.84. The minimum absolute atomic E-state index is 0.0258. The van der Waals surface area contributed by atoms with E-state index in [4.69, 9.17) is 16.9 Å². The molecule has 0 bridgehead atoms. The largest absolute Gasteiger partial charge is 0.391 e. The predicted octanol–water partition coefficient (Wildman–Crippen LogP) is 1.26. The highest BCUT2D eigenvalue weighted by atomic mass is 35.5. The molecule has 7 heteroatoms. The smallest absolute Gasteiger partial charge is 0.242 e. The second-order valence-electron chi connectivity index (χ2n) is 4.51. The van der Waals surface area contributed by atoms with Gasteiger partial charge >= 0.3 is 0 Å². The van der Waals surface area contributed by atoms with Crippen molar-refractivity contribution in [3.63, 3.8) is 0 Å². The highest BCUT2D eigenvalue weighted by molar-refractivity contribution is 7.89. The molecule has 0 saturated heterocycles. The van der Waals surface area contributed by atoms with E-state index in [-0.39, 0.29) is 27.9 Å². The molecule has 1 saturated carbocycles. The van der Waals surface area contributed by atoms with Gasteiger partial charge in [-0.1, -0.05) is 11.6 Å². The fraction of sp³-hybridized carbons (Fsp3) is 0.417. The highest BCUT2D eigenvalue weighted by Crippen LogP contribution is 2.32. The van der Waals surface area contributed by atoms with Gasteiger partial charge in [-0.3, -0.25) is 0 Å². The van der Waals surface area contributed by atoms with Crippen molar-refractivity contribution < 1.29 is 13.5 Å². The summed E-state index contributed by atoms with van der Waals surface area (Å²) in [5, 5.41) is 18.8. The Bertz CT molecular complexity index is 620. The maximum absolute atomic E-state index is 12.1. The lowest BCUT2D eigenvalue weighted by molar-refractivity contribution is 0.155. The van der Waals surface area contributed by atoms with Crippen LogP contribution in [0.4, 0.5) is 0 Å². The van der Waals surface area contributed by atoms with Crippen LogP contribution in [0.2, 0.25) is 5.02 Å². The summed E-state index contributed by atoms with van der Waals surface area (Å²) >= 11 is 5.75. The maximum atomic E-state index is 12.1. The summed E-state index contributed by atoms with van der Waals surface area (Å²) in [5.74, 6) is 0.178. The summed E-state index contributed by atoms with van der Waals surface area (Å²) in [4.78, 5) is -0.162. The molecular weight excluding hydrogens is 288 g/mol. The van der Waals surface area contributed by atoms with Crippen LogP contribution in [-0.4, -0.2) is 26.2 Å². The molecule has 0 spiro atoms. The lowest BCUT2D eigenvalue weighted by atomic mass is 10.2. The molecule has 1 atom stereocenters. The summed E-state index contributed by atoms with van der Waals surface area (Å²) < 4.78 is 26.5. The zero-order chi connectivity index (χ0) is 14.0. The number of nitriles is 1. The number of nitrogens with zero attached hydrogens (tertiary/aromatic N) is 1. The third-order valence-corrected chi connectivity index (χ3v) is 4.70. The van der Waals surface area contributed by atoms with Gasteiger partial charge in [0.2, 0.25) is 10.0 Å². The summed E-state index contributed by atoms with van der Waals surface area (Å²) in [5.41, 5.74) is 0.0258. The Hall–Kier alpha value is -1.13. The Morgan fingerprint density at radius 3 is 2.79 bits per heavy atom. The molecule has 1 aliphatic rings. The minimum Gasteiger partial charge on any atom is -0.391 e. The van der Waals surface area contributed by atoms with Crippen LogP contribution >= 0.6 is 11.6 Å². The average molecular weight is 301 g/mol. The van der Waals surface area contributed by atoms with Crippen molar-refractivity contribution in [3.8, 4) is 6.07 Å². The zero-order valence-corrected chi connectivity index (χ0v) is 11.6. The topological polar surface area (TPSA) is 90.2 Å². The maximum Gasteiger partial charge on any atom is 0.242 e. The fourth-order valence-corrected chi connectivity index (χ4v) is 3.20. The predicted molar refractivity (Wildman–Crippen MR) is 70.1 cm³/mol. The Labute approximate surface area is 116 Å². The van der Waals surface area contributed by atoms with E-state index in [0.29, 0.717) is 0 Å². The third kappa shape index (κ3) is 3.45. The first-order valence-corrected chi connectivity index (χ1v) is 7.67. The van der Waals surface area contributed by atoms with Crippen molar-refractivity contribution in [2.24, 2.45) is 5.92 Å². The van der Waals surface area contributed by atoms with E-state index < -0.39 is 16.1 Å². The fourth-order valence-electron chi connectivity index (χ4n) is 1.73. The van der Waals surface area contributed by atoms with E-state index in [9.17, 15) is 13.5 Å². The normalized spacial score (nSPS) is 16.9. The van der Waals surface area contributed by atoms with Crippen LogP contribution in [0.1, 0.15) is 18.4 Å². The molecule has 0 heterocycles. The van der Waals surface area contributed by atoms with E-state index in [1.165, 1.54) is 18.2 Å². The van der Waals surface area contributed by atoms with Crippen LogP contribution in [0.25, 0.3) is 0 Å². The molecule has 0 aliphatic heterocycles. The molecule has 102 valence electrons. The number of sulfonamides is 1. The molecule has 0 amide bonds. The van der Waals surface area contributed by atoms with Crippen LogP contribution in [0.15, 0.2) is 23.1 Å². The van der Waals surface area contributed by atoms with Crippen molar-refractivity contribution in [2.75, 3.05) is 6.54 Å². The Kier molecular flexibility index (Phi) is 4.11. The summed E-state index contributed by atoms with van der Waals surface area (Å²) in [6.45, 7) is -0.0512. The number of aliphatic hydroxyl groups excluding tert-OH is 1. The first kappa shape index (κ1) is 14.3. The van der Waals surface area contributed by atoms with Gasteiger partial charge in [0.05, 0.1) is 11.7 Å². The lowest BCUT2D eigenvalue weighted by Gasteiger charge is -2.12. The van der Waals surface area contributed by atoms with Crippen molar-refractivity contribution in [3.05, 3.63) is 28.8 Å². The summed E-state index contributed by atoms with van der Waals surface area (Å²) in [6, 6.07) is 5.85. The SMILES string of the molecule is N#Cc1ccc(Cl)cc1S(=O)(=O)NCC(O)C1CC1. The first-order chi connectivity index (χ1) is 8.94. The molecule has 0 aromatic heterocycles. The zero-order valence-electron chi connectivity index (χ0n) is 10.0. The number of benzene rings is 1. The summed E-state index contributed by atoms with van der Waals surface area (Å²) in [6.07, 6.45) is 1.16. The van der Waals surface area contributed by atoms with E-state index in [2.05, 4.69) is 4.72 Å². The molecule has 0 radical (unpaired) electrons. The molecule has 1 aromatic carbocycles. The van der Waals surface area contributed by atoms with Gasteiger partial charge in [0.1, 0.15) is 11.0 Å². The van der Waals surface area contributed by atoms with Crippen molar-refractivity contribution in [2.45, 2.75) is 23.8 Å². The molecular formula is C12H13ClN2O3S. The van der Waals surface area contributed by atoms with Gasteiger partial charge in [-0.2, -0.15) is 5.26 Å². The number of rotatable bonds is 5. The molecule has 1 unspecified atom stereocenters. The van der Waals surface area contributed by atoms with E-state index in [0.717, 1.165) is 12.8 Å². The van der Waals surface area contributed by atoms with Gasteiger partial charge < -0.3 is 5.11 Å². The molecule has 1 fully saturated rings. The molecule has 5 nitrogen and oxygen atoms in total. The Morgan fingerprint density at radius 2 is 2.21 bits per heavy atom. The van der Waals surface area contributed by atoms with Gasteiger partial charge in [-0.25, -0.2) is 13.1 Å². The molecule has 2 N–H and O–H groups in total. The number of halogens is 1. The van der Waals surface area contributed by atoms with Crippen molar-refractivity contribution in [1.82, 2.24) is 4.72 Å². The van der Waals surface area contributed by atoms with E-state index in [1.54, 1.807) is 0 Å². The minimum atomic E-state index is -3.84. The number of hydrogen-bond acceptors (Lipinski definition) is 4. The highest BCUT2D eigenvalue weighted by Gasteiger charge is 2.31. The molecule has 1 aliphatic carbocycles. The first-order valence-electron chi connectivity index (χ1n) is 5.81. The quantitative estimate of drug-likeness (QED) is 0.856.